The van der Waals surface area contributed by atoms with E-state index in [9.17, 15) is 0 Å². The van der Waals surface area contributed by atoms with Gasteiger partial charge in [0.1, 0.15) is 0 Å². The molecule has 4 aromatic rings. The topological polar surface area (TPSA) is 72.0 Å². The zero-order chi connectivity index (χ0) is 19.3. The molecule has 26 heavy (non-hydrogen) atoms. The van der Waals surface area contributed by atoms with Crippen molar-refractivity contribution in [2.45, 2.75) is 27.6 Å². The van der Waals surface area contributed by atoms with Crippen LogP contribution in [-0.2, 0) is 0 Å². The normalized spacial score (nSPS) is 10.1. The molecule has 136 valence electrons. The molecule has 0 radical (unpaired) electrons. The molecule has 0 saturated carbocycles. The molecular formula is C20H24BBrN2O2. The van der Waals surface area contributed by atoms with Crippen molar-refractivity contribution in [3.05, 3.63) is 70.0 Å². The Balaban J connectivity index is 0.000000156. The van der Waals surface area contributed by atoms with Crippen LogP contribution < -0.4 is 0 Å². The number of aromatic amines is 2. The fourth-order valence-corrected chi connectivity index (χ4v) is 3.50. The minimum absolute atomic E-state index is 1.16. The summed E-state index contributed by atoms with van der Waals surface area (Å²) in [4.78, 5) is 6.37. The van der Waals surface area contributed by atoms with Crippen molar-refractivity contribution in [3.63, 3.8) is 0 Å². The summed E-state index contributed by atoms with van der Waals surface area (Å²) in [5, 5.41) is 17.8. The number of aryl methyl sites for hydroxylation is 3. The fraction of sp³-hybridized carbons (Fsp3) is 0.200. The molecule has 4 N–H and O–H groups in total. The van der Waals surface area contributed by atoms with Crippen molar-refractivity contribution < 1.29 is 10.0 Å². The highest BCUT2D eigenvalue weighted by Crippen LogP contribution is 2.24. The SMILES string of the molecule is CB(O)O.Cc1cc(Br)c2cc[nH]c2c1.Cc1cc(C)c2cc[nH]c2c1. The molecule has 2 aromatic carbocycles. The number of nitrogens with one attached hydrogen (secondary N) is 2. The average molecular weight is 415 g/mol. The van der Waals surface area contributed by atoms with E-state index in [4.69, 9.17) is 10.0 Å². The van der Waals surface area contributed by atoms with Gasteiger partial charge >= 0.3 is 7.12 Å². The second kappa shape index (κ2) is 9.08. The molecule has 2 heterocycles. The molecule has 0 fully saturated rings. The second-order valence-electron chi connectivity index (χ2n) is 6.34. The maximum absolute atomic E-state index is 7.61. The van der Waals surface area contributed by atoms with Crippen LogP contribution in [0, 0.1) is 20.8 Å². The summed E-state index contributed by atoms with van der Waals surface area (Å²) in [5.41, 5.74) is 6.37. The summed E-state index contributed by atoms with van der Waals surface area (Å²) in [5.74, 6) is 0. The first-order chi connectivity index (χ1) is 12.3. The largest absolute Gasteiger partial charge is 0.448 e. The van der Waals surface area contributed by atoms with Gasteiger partial charge in [-0.2, -0.15) is 0 Å². The van der Waals surface area contributed by atoms with E-state index >= 15 is 0 Å². The van der Waals surface area contributed by atoms with Crippen molar-refractivity contribution in [2.24, 2.45) is 0 Å². The van der Waals surface area contributed by atoms with Crippen LogP contribution in [0.25, 0.3) is 21.8 Å². The van der Waals surface area contributed by atoms with Crippen LogP contribution in [0.1, 0.15) is 16.7 Å². The van der Waals surface area contributed by atoms with Crippen LogP contribution in [-0.4, -0.2) is 27.1 Å². The minimum Gasteiger partial charge on any atom is -0.427 e. The van der Waals surface area contributed by atoms with Gasteiger partial charge in [0.05, 0.1) is 0 Å². The number of benzene rings is 2. The molecule has 0 aliphatic carbocycles. The lowest BCUT2D eigenvalue weighted by Crippen LogP contribution is -2.00. The highest BCUT2D eigenvalue weighted by atomic mass is 79.9. The molecule has 6 heteroatoms. The Kier molecular flexibility index (Phi) is 7.09. The van der Waals surface area contributed by atoms with E-state index in [0.29, 0.717) is 0 Å². The summed E-state index contributed by atoms with van der Waals surface area (Å²) >= 11 is 3.51. The number of fused-ring (bicyclic) bond motifs is 2. The first kappa shape index (κ1) is 20.3. The van der Waals surface area contributed by atoms with E-state index in [1.807, 2.05) is 12.4 Å². The Morgan fingerprint density at radius 2 is 1.27 bits per heavy atom. The molecule has 0 saturated heterocycles. The fourth-order valence-electron chi connectivity index (χ4n) is 2.79. The first-order valence-corrected chi connectivity index (χ1v) is 9.21. The van der Waals surface area contributed by atoms with E-state index in [0.717, 1.165) is 4.47 Å². The molecule has 0 spiro atoms. The van der Waals surface area contributed by atoms with Crippen molar-refractivity contribution in [3.8, 4) is 0 Å². The lowest BCUT2D eigenvalue weighted by Gasteiger charge is -1.97. The van der Waals surface area contributed by atoms with Gasteiger partial charge < -0.3 is 20.0 Å². The smallest absolute Gasteiger partial charge is 0.427 e. The molecule has 0 bridgehead atoms. The molecule has 0 aliphatic rings. The van der Waals surface area contributed by atoms with Crippen molar-refractivity contribution in [2.75, 3.05) is 0 Å². The van der Waals surface area contributed by atoms with Crippen LogP contribution in [0.2, 0.25) is 6.82 Å². The molecule has 0 amide bonds. The van der Waals surface area contributed by atoms with Gasteiger partial charge in [0.15, 0.2) is 0 Å². The predicted octanol–water partition coefficient (Wildman–Crippen LogP) is 5.11. The van der Waals surface area contributed by atoms with Gasteiger partial charge in [-0.3, -0.25) is 0 Å². The zero-order valence-electron chi connectivity index (χ0n) is 15.5. The van der Waals surface area contributed by atoms with Gasteiger partial charge in [0.25, 0.3) is 0 Å². The minimum atomic E-state index is -1.17. The lowest BCUT2D eigenvalue weighted by atomic mass is 9.99. The molecule has 0 atom stereocenters. The quantitative estimate of drug-likeness (QED) is 0.302. The summed E-state index contributed by atoms with van der Waals surface area (Å²) < 4.78 is 1.16. The second-order valence-corrected chi connectivity index (χ2v) is 7.19. The van der Waals surface area contributed by atoms with Gasteiger partial charge in [-0.25, -0.2) is 0 Å². The van der Waals surface area contributed by atoms with Crippen molar-refractivity contribution in [1.29, 1.82) is 0 Å². The number of rotatable bonds is 0. The van der Waals surface area contributed by atoms with Crippen LogP contribution in [0.5, 0.6) is 0 Å². The predicted molar refractivity (Wildman–Crippen MR) is 115 cm³/mol. The first-order valence-electron chi connectivity index (χ1n) is 8.41. The molecule has 0 aliphatic heterocycles. The molecule has 4 rings (SSSR count). The number of hydrogen-bond donors (Lipinski definition) is 4. The third kappa shape index (κ3) is 5.49. The van der Waals surface area contributed by atoms with Crippen LogP contribution in [0.3, 0.4) is 0 Å². The average Bonchev–Trinajstić information content (AvgIpc) is 3.15. The van der Waals surface area contributed by atoms with Crippen LogP contribution >= 0.6 is 15.9 Å². The monoisotopic (exact) mass is 414 g/mol. The summed E-state index contributed by atoms with van der Waals surface area (Å²) in [6.07, 6.45) is 3.94. The Morgan fingerprint density at radius 1 is 0.808 bits per heavy atom. The number of aromatic nitrogens is 2. The van der Waals surface area contributed by atoms with Crippen LogP contribution in [0.15, 0.2) is 53.3 Å². The Hall–Kier alpha value is -2.02. The molecule has 4 nitrogen and oxygen atoms in total. The Bertz CT molecular complexity index is 911. The number of hydrogen-bond acceptors (Lipinski definition) is 2. The van der Waals surface area contributed by atoms with Gasteiger partial charge in [-0.05, 0) is 74.6 Å². The maximum Gasteiger partial charge on any atom is 0.448 e. The van der Waals surface area contributed by atoms with E-state index in [2.05, 4.69) is 83.1 Å². The molecule has 2 aromatic heterocycles. The highest BCUT2D eigenvalue weighted by molar-refractivity contribution is 9.10. The lowest BCUT2D eigenvalue weighted by molar-refractivity contribution is 0.417. The van der Waals surface area contributed by atoms with Crippen molar-refractivity contribution in [1.82, 2.24) is 9.97 Å². The number of H-pyrrole nitrogens is 2. The van der Waals surface area contributed by atoms with Crippen molar-refractivity contribution >= 4 is 44.9 Å². The van der Waals surface area contributed by atoms with E-state index in [-0.39, 0.29) is 0 Å². The van der Waals surface area contributed by atoms with Gasteiger partial charge in [0, 0.05) is 38.7 Å². The Morgan fingerprint density at radius 3 is 1.85 bits per heavy atom. The van der Waals surface area contributed by atoms with E-state index in [1.54, 1.807) is 0 Å². The van der Waals surface area contributed by atoms with Gasteiger partial charge in [0.2, 0.25) is 0 Å². The third-order valence-electron chi connectivity index (χ3n) is 3.78. The standard InChI is InChI=1S/C10H11N.C9H8BrN.CH5BO2/c1-7-5-8(2)9-3-4-11-10(9)6-7;1-6-4-8(10)7-2-3-11-9(7)5-6;1-2(3)4/h3-6,11H,1-2H3;2-5,11H,1H3;3-4H,1H3. The zero-order valence-corrected chi connectivity index (χ0v) is 17.1. The maximum atomic E-state index is 7.61. The Labute approximate surface area is 162 Å². The highest BCUT2D eigenvalue weighted by Gasteiger charge is 1.99. The van der Waals surface area contributed by atoms with Gasteiger partial charge in [-0.1, -0.05) is 22.0 Å². The summed E-state index contributed by atoms with van der Waals surface area (Å²) in [7, 11) is -1.17. The van der Waals surface area contributed by atoms with E-state index < -0.39 is 7.12 Å². The summed E-state index contributed by atoms with van der Waals surface area (Å²) in [6.45, 7) is 7.63. The van der Waals surface area contributed by atoms with E-state index in [1.165, 1.54) is 45.3 Å². The third-order valence-corrected chi connectivity index (χ3v) is 4.44. The molecular weight excluding hydrogens is 391 g/mol. The molecule has 0 unspecified atom stereocenters. The number of halogens is 1. The van der Waals surface area contributed by atoms with Crippen LogP contribution in [0.4, 0.5) is 0 Å². The summed E-state index contributed by atoms with van der Waals surface area (Å²) in [6, 6.07) is 12.8. The van der Waals surface area contributed by atoms with Gasteiger partial charge in [-0.15, -0.1) is 0 Å².